The molecule has 0 fully saturated rings. The number of amides is 2. The average Bonchev–Trinajstić information content (AvgIpc) is 2.91. The van der Waals surface area contributed by atoms with Gasteiger partial charge in [0, 0.05) is 18.6 Å². The summed E-state index contributed by atoms with van der Waals surface area (Å²) >= 11 is 5.98. The second-order valence-electron chi connectivity index (χ2n) is 8.72. The number of aryl methyl sites for hydroxylation is 1. The number of ether oxygens (including phenoxy) is 1. The number of anilines is 1. The van der Waals surface area contributed by atoms with Crippen molar-refractivity contribution in [1.82, 2.24) is 10.2 Å². The predicted molar refractivity (Wildman–Crippen MR) is 149 cm³/mol. The first-order valence-corrected chi connectivity index (χ1v) is 13.9. The number of methoxy groups -OCH3 is 1. The Kier molecular flexibility index (Phi) is 9.77. The minimum Gasteiger partial charge on any atom is -0.497 e. The first-order chi connectivity index (χ1) is 18.1. The van der Waals surface area contributed by atoms with Gasteiger partial charge in [-0.3, -0.25) is 13.9 Å². The van der Waals surface area contributed by atoms with E-state index in [9.17, 15) is 18.0 Å². The van der Waals surface area contributed by atoms with Crippen LogP contribution in [0.3, 0.4) is 0 Å². The van der Waals surface area contributed by atoms with Crippen LogP contribution in [0.15, 0.2) is 77.7 Å². The summed E-state index contributed by atoms with van der Waals surface area (Å²) in [6.45, 7) is 3.22. The Bertz CT molecular complexity index is 1380. The van der Waals surface area contributed by atoms with E-state index in [0.717, 1.165) is 15.4 Å². The molecule has 0 unspecified atom stereocenters. The molecule has 202 valence electrons. The third-order valence-corrected chi connectivity index (χ3v) is 8.13. The maximum Gasteiger partial charge on any atom is 0.264 e. The Morgan fingerprint density at radius 2 is 1.71 bits per heavy atom. The van der Waals surface area contributed by atoms with Crippen LogP contribution in [0.2, 0.25) is 5.02 Å². The monoisotopic (exact) mass is 557 g/mol. The Balaban J connectivity index is 2.06. The molecular weight excluding hydrogens is 526 g/mol. The molecule has 8 nitrogen and oxygen atoms in total. The fourth-order valence-corrected chi connectivity index (χ4v) is 5.63. The number of sulfonamides is 1. The van der Waals surface area contributed by atoms with E-state index in [0.29, 0.717) is 22.9 Å². The second kappa shape index (κ2) is 12.8. The zero-order valence-corrected chi connectivity index (χ0v) is 23.4. The van der Waals surface area contributed by atoms with Crippen LogP contribution < -0.4 is 14.4 Å². The number of hydrogen-bond donors (Lipinski definition) is 1. The van der Waals surface area contributed by atoms with E-state index >= 15 is 0 Å². The largest absolute Gasteiger partial charge is 0.497 e. The average molecular weight is 558 g/mol. The lowest BCUT2D eigenvalue weighted by Crippen LogP contribution is -2.51. The molecule has 3 aromatic carbocycles. The fourth-order valence-electron chi connectivity index (χ4n) is 4.10. The first-order valence-electron chi connectivity index (χ1n) is 12.1. The number of rotatable bonds is 11. The number of nitrogens with one attached hydrogen (secondary N) is 1. The Hall–Kier alpha value is -3.56. The van der Waals surface area contributed by atoms with Crippen molar-refractivity contribution in [1.29, 1.82) is 0 Å². The van der Waals surface area contributed by atoms with E-state index in [1.807, 2.05) is 19.1 Å². The van der Waals surface area contributed by atoms with Crippen LogP contribution in [-0.2, 0) is 26.2 Å². The molecule has 0 heterocycles. The van der Waals surface area contributed by atoms with E-state index in [1.165, 1.54) is 36.2 Å². The van der Waals surface area contributed by atoms with Gasteiger partial charge in [-0.1, -0.05) is 42.8 Å². The lowest BCUT2D eigenvalue weighted by Gasteiger charge is -2.33. The predicted octanol–water partition coefficient (Wildman–Crippen LogP) is 4.41. The molecule has 0 saturated heterocycles. The van der Waals surface area contributed by atoms with Gasteiger partial charge >= 0.3 is 0 Å². The SMILES string of the molecule is CC[C@H](C(=O)NC)N(Cc1cccc(OC)c1)C(=O)CN(c1cccc(C)c1)S(=O)(=O)c1ccc(Cl)cc1. The van der Waals surface area contributed by atoms with Gasteiger partial charge < -0.3 is 15.0 Å². The number of nitrogens with zero attached hydrogens (tertiary/aromatic N) is 2. The topological polar surface area (TPSA) is 96.0 Å². The van der Waals surface area contributed by atoms with Gasteiger partial charge in [0.2, 0.25) is 11.8 Å². The van der Waals surface area contributed by atoms with E-state index in [1.54, 1.807) is 50.4 Å². The van der Waals surface area contributed by atoms with Crippen molar-refractivity contribution in [2.75, 3.05) is 25.0 Å². The van der Waals surface area contributed by atoms with Gasteiger partial charge in [0.1, 0.15) is 18.3 Å². The molecular formula is C28H32ClN3O5S. The lowest BCUT2D eigenvalue weighted by molar-refractivity contribution is -0.140. The van der Waals surface area contributed by atoms with Crippen molar-refractivity contribution in [3.05, 3.63) is 88.9 Å². The molecule has 0 aliphatic heterocycles. The number of benzene rings is 3. The summed E-state index contributed by atoms with van der Waals surface area (Å²) in [6, 6.07) is 19.0. The van der Waals surface area contributed by atoms with Crippen molar-refractivity contribution in [2.45, 2.75) is 37.8 Å². The summed E-state index contributed by atoms with van der Waals surface area (Å²) in [5.41, 5.74) is 1.90. The summed E-state index contributed by atoms with van der Waals surface area (Å²) in [5, 5.41) is 3.00. The van der Waals surface area contributed by atoms with Crippen LogP contribution in [-0.4, -0.2) is 51.9 Å². The molecule has 0 bridgehead atoms. The zero-order valence-electron chi connectivity index (χ0n) is 21.8. The summed E-state index contributed by atoms with van der Waals surface area (Å²) in [6.07, 6.45) is 0.337. The second-order valence-corrected chi connectivity index (χ2v) is 11.0. The minimum atomic E-state index is -4.15. The van der Waals surface area contributed by atoms with Gasteiger partial charge in [0.15, 0.2) is 0 Å². The first kappa shape index (κ1) is 29.0. The number of likely N-dealkylation sites (N-methyl/N-ethyl adjacent to an activating group) is 1. The van der Waals surface area contributed by atoms with Crippen LogP contribution in [0.1, 0.15) is 24.5 Å². The van der Waals surface area contributed by atoms with Crippen LogP contribution in [0.5, 0.6) is 5.75 Å². The molecule has 3 aromatic rings. The van der Waals surface area contributed by atoms with Crippen molar-refractivity contribution in [3.8, 4) is 5.75 Å². The maximum atomic E-state index is 13.9. The van der Waals surface area contributed by atoms with Gasteiger partial charge in [-0.2, -0.15) is 0 Å². The van der Waals surface area contributed by atoms with Crippen LogP contribution in [0.25, 0.3) is 0 Å². The molecule has 38 heavy (non-hydrogen) atoms. The van der Waals surface area contributed by atoms with Crippen molar-refractivity contribution in [2.24, 2.45) is 0 Å². The fraction of sp³-hybridized carbons (Fsp3) is 0.286. The summed E-state index contributed by atoms with van der Waals surface area (Å²) in [5.74, 6) is -0.261. The van der Waals surface area contributed by atoms with Gasteiger partial charge in [0.25, 0.3) is 10.0 Å². The molecule has 10 heteroatoms. The zero-order chi connectivity index (χ0) is 27.9. The Labute approximate surface area is 229 Å². The summed E-state index contributed by atoms with van der Waals surface area (Å²) in [7, 11) is -1.10. The molecule has 0 aliphatic rings. The van der Waals surface area contributed by atoms with Crippen molar-refractivity contribution >= 4 is 39.1 Å². The number of carbonyl (C=O) groups excluding carboxylic acids is 2. The smallest absolute Gasteiger partial charge is 0.264 e. The highest BCUT2D eigenvalue weighted by Gasteiger charge is 2.33. The third kappa shape index (κ3) is 6.85. The Morgan fingerprint density at radius 1 is 1.03 bits per heavy atom. The third-order valence-electron chi connectivity index (χ3n) is 6.09. The van der Waals surface area contributed by atoms with E-state index in [-0.39, 0.29) is 17.3 Å². The molecule has 1 N–H and O–H groups in total. The number of halogens is 1. The highest BCUT2D eigenvalue weighted by Crippen LogP contribution is 2.26. The summed E-state index contributed by atoms with van der Waals surface area (Å²) in [4.78, 5) is 28.1. The van der Waals surface area contributed by atoms with Crippen molar-refractivity contribution in [3.63, 3.8) is 0 Å². The number of carbonyl (C=O) groups is 2. The molecule has 0 radical (unpaired) electrons. The Morgan fingerprint density at radius 3 is 2.32 bits per heavy atom. The van der Waals surface area contributed by atoms with E-state index < -0.39 is 28.5 Å². The van der Waals surface area contributed by atoms with E-state index in [2.05, 4.69) is 5.32 Å². The lowest BCUT2D eigenvalue weighted by atomic mass is 10.1. The van der Waals surface area contributed by atoms with Gasteiger partial charge in [-0.25, -0.2) is 8.42 Å². The van der Waals surface area contributed by atoms with Gasteiger partial charge in [-0.15, -0.1) is 0 Å². The molecule has 1 atom stereocenters. The quantitative estimate of drug-likeness (QED) is 0.377. The van der Waals surface area contributed by atoms with Crippen LogP contribution in [0.4, 0.5) is 5.69 Å². The summed E-state index contributed by atoms with van der Waals surface area (Å²) < 4.78 is 34.0. The van der Waals surface area contributed by atoms with Crippen LogP contribution >= 0.6 is 11.6 Å². The molecule has 3 rings (SSSR count). The molecule has 2 amide bonds. The molecule has 0 saturated carbocycles. The molecule has 0 spiro atoms. The van der Waals surface area contributed by atoms with Crippen molar-refractivity contribution < 1.29 is 22.7 Å². The standard InChI is InChI=1S/C28H32ClN3O5S/c1-5-26(28(34)30-3)31(18-21-9-7-11-24(17-21)37-4)27(33)19-32(23-10-6-8-20(2)16-23)38(35,36)25-14-12-22(29)13-15-25/h6-17,26H,5,18-19H2,1-4H3,(H,30,34)/t26-/m1/s1. The highest BCUT2D eigenvalue weighted by atomic mass is 35.5. The van der Waals surface area contributed by atoms with Gasteiger partial charge in [-0.05, 0) is 73.0 Å². The normalized spacial score (nSPS) is 11.9. The minimum absolute atomic E-state index is 0.00565. The van der Waals surface area contributed by atoms with Gasteiger partial charge in [0.05, 0.1) is 17.7 Å². The maximum absolute atomic E-state index is 13.9. The molecule has 0 aliphatic carbocycles. The molecule has 0 aromatic heterocycles. The van der Waals surface area contributed by atoms with Crippen LogP contribution in [0, 0.1) is 6.92 Å². The number of hydrogen-bond acceptors (Lipinski definition) is 5. The van der Waals surface area contributed by atoms with E-state index in [4.69, 9.17) is 16.3 Å². The highest BCUT2D eigenvalue weighted by molar-refractivity contribution is 7.92.